The van der Waals surface area contributed by atoms with E-state index in [1.165, 1.54) is 37.7 Å². The number of hydrogen-bond acceptors (Lipinski definition) is 3. The van der Waals surface area contributed by atoms with Crippen molar-refractivity contribution >= 4 is 11.8 Å². The van der Waals surface area contributed by atoms with Crippen LogP contribution in [0.2, 0.25) is 0 Å². The quantitative estimate of drug-likeness (QED) is 0.660. The van der Waals surface area contributed by atoms with Crippen LogP contribution in [0.4, 0.5) is 0 Å². The number of nitrogens with zero attached hydrogens (tertiary/aromatic N) is 3. The summed E-state index contributed by atoms with van der Waals surface area (Å²) in [6.07, 6.45) is 8.77. The van der Waals surface area contributed by atoms with Crippen LogP contribution in [0.25, 0.3) is 0 Å². The predicted octanol–water partition coefficient (Wildman–Crippen LogP) is 4.80. The van der Waals surface area contributed by atoms with Crippen LogP contribution in [0.3, 0.4) is 0 Å². The average molecular weight is 460 g/mol. The van der Waals surface area contributed by atoms with Gasteiger partial charge in [0, 0.05) is 62.4 Å². The molecule has 2 amide bonds. The Kier molecular flexibility index (Phi) is 7.29. The smallest absolute Gasteiger partial charge is 0.253 e. The fourth-order valence-corrected chi connectivity index (χ4v) is 6.04. The molecule has 0 radical (unpaired) electrons. The van der Waals surface area contributed by atoms with Gasteiger partial charge in [0.15, 0.2) is 0 Å². The summed E-state index contributed by atoms with van der Waals surface area (Å²) in [5.74, 6) is 0.531. The van der Waals surface area contributed by atoms with E-state index in [4.69, 9.17) is 0 Å². The molecule has 1 saturated carbocycles. The van der Waals surface area contributed by atoms with Crippen molar-refractivity contribution < 1.29 is 9.59 Å². The second-order valence-corrected chi connectivity index (χ2v) is 10.2. The number of rotatable bonds is 4. The van der Waals surface area contributed by atoms with Gasteiger partial charge >= 0.3 is 0 Å². The number of piperazine rings is 1. The van der Waals surface area contributed by atoms with Gasteiger partial charge in [0.1, 0.15) is 0 Å². The van der Waals surface area contributed by atoms with E-state index in [0.29, 0.717) is 6.54 Å². The van der Waals surface area contributed by atoms with Crippen molar-refractivity contribution in [1.29, 1.82) is 0 Å². The molecule has 34 heavy (non-hydrogen) atoms. The Morgan fingerprint density at radius 2 is 1.35 bits per heavy atom. The minimum Gasteiger partial charge on any atom is -0.338 e. The maximum atomic E-state index is 13.3. The topological polar surface area (TPSA) is 43.9 Å². The van der Waals surface area contributed by atoms with Crippen LogP contribution in [0.15, 0.2) is 54.6 Å². The summed E-state index contributed by atoms with van der Waals surface area (Å²) in [7, 11) is 0. The third kappa shape index (κ3) is 5.20. The van der Waals surface area contributed by atoms with E-state index in [9.17, 15) is 9.59 Å². The summed E-state index contributed by atoms with van der Waals surface area (Å²) in [6, 6.07) is 18.4. The molecule has 1 atom stereocenters. The molecule has 2 aromatic rings. The summed E-state index contributed by atoms with van der Waals surface area (Å²) >= 11 is 0. The normalized spacial score (nSPS) is 22.5. The molecule has 0 N–H and O–H groups in total. The molecule has 1 aliphatic carbocycles. The lowest BCUT2D eigenvalue weighted by Crippen LogP contribution is -2.52. The molecule has 0 bridgehead atoms. The Balaban J connectivity index is 1.21. The standard InChI is InChI=1S/C29H37N3O2/c33-28(23-9-3-1-4-10-23)32-16-8-13-26(22-32)24-11-7-12-25(21-24)29(34)31-19-17-30(18-20-31)27-14-5-2-6-15-27/h1,3-4,7,9-12,21,26-27H,2,5-6,8,13-20,22H2/t26-/m0/s1. The largest absolute Gasteiger partial charge is 0.338 e. The van der Waals surface area contributed by atoms with Gasteiger partial charge in [-0.25, -0.2) is 0 Å². The molecule has 0 unspecified atom stereocenters. The number of carbonyl (C=O) groups is 2. The summed E-state index contributed by atoms with van der Waals surface area (Å²) in [4.78, 5) is 32.9. The first-order valence-electron chi connectivity index (χ1n) is 13.2. The first kappa shape index (κ1) is 23.1. The van der Waals surface area contributed by atoms with Crippen LogP contribution in [0.1, 0.15) is 77.1 Å². The zero-order valence-electron chi connectivity index (χ0n) is 20.2. The van der Waals surface area contributed by atoms with Crippen LogP contribution in [-0.4, -0.2) is 71.8 Å². The van der Waals surface area contributed by atoms with Gasteiger partial charge in [-0.05, 0) is 55.5 Å². The molecule has 2 heterocycles. The molecule has 0 aromatic heterocycles. The van der Waals surface area contributed by atoms with E-state index in [1.54, 1.807) is 0 Å². The number of piperidine rings is 1. The SMILES string of the molecule is O=C(c1cccc([C@H]2CCCN(C(=O)c3ccccc3)C2)c1)N1CCN(C2CCCCC2)CC1. The molecule has 5 nitrogen and oxygen atoms in total. The van der Waals surface area contributed by atoms with Crippen molar-refractivity contribution in [1.82, 2.24) is 14.7 Å². The fraction of sp³-hybridized carbons (Fsp3) is 0.517. The predicted molar refractivity (Wildman–Crippen MR) is 135 cm³/mol. The number of hydrogen-bond donors (Lipinski definition) is 0. The molecule has 0 spiro atoms. The average Bonchev–Trinajstić information content (AvgIpc) is 2.93. The Labute approximate surface area is 203 Å². The van der Waals surface area contributed by atoms with Crippen LogP contribution >= 0.6 is 0 Å². The highest BCUT2D eigenvalue weighted by atomic mass is 16.2. The van der Waals surface area contributed by atoms with Crippen molar-refractivity contribution in [2.24, 2.45) is 0 Å². The molecule has 5 rings (SSSR count). The minimum absolute atomic E-state index is 0.105. The van der Waals surface area contributed by atoms with Gasteiger partial charge in [-0.3, -0.25) is 14.5 Å². The number of carbonyl (C=O) groups excluding carboxylic acids is 2. The minimum atomic E-state index is 0.105. The lowest BCUT2D eigenvalue weighted by Gasteiger charge is -2.40. The Bertz CT molecular complexity index is 978. The zero-order valence-corrected chi connectivity index (χ0v) is 20.2. The molecule has 5 heteroatoms. The van der Waals surface area contributed by atoms with Crippen molar-refractivity contribution in [2.45, 2.75) is 56.9 Å². The first-order valence-corrected chi connectivity index (χ1v) is 13.2. The van der Waals surface area contributed by atoms with Gasteiger partial charge < -0.3 is 9.80 Å². The summed E-state index contributed by atoms with van der Waals surface area (Å²) in [5, 5.41) is 0. The van der Waals surface area contributed by atoms with E-state index >= 15 is 0 Å². The van der Waals surface area contributed by atoms with Crippen LogP contribution in [0, 0.1) is 0 Å². The first-order chi connectivity index (χ1) is 16.7. The van der Waals surface area contributed by atoms with E-state index in [2.05, 4.69) is 17.0 Å². The molecule has 2 aromatic carbocycles. The molecular weight excluding hydrogens is 422 g/mol. The molecular formula is C29H37N3O2. The number of benzene rings is 2. The Morgan fingerprint density at radius 3 is 2.12 bits per heavy atom. The Hall–Kier alpha value is -2.66. The lowest BCUT2D eigenvalue weighted by atomic mass is 9.89. The van der Waals surface area contributed by atoms with Gasteiger partial charge in [0.25, 0.3) is 11.8 Å². The van der Waals surface area contributed by atoms with Crippen molar-refractivity contribution in [3.05, 3.63) is 71.3 Å². The van der Waals surface area contributed by atoms with Crippen molar-refractivity contribution in [3.63, 3.8) is 0 Å². The lowest BCUT2D eigenvalue weighted by molar-refractivity contribution is 0.0522. The molecule has 180 valence electrons. The van der Waals surface area contributed by atoms with Crippen LogP contribution in [-0.2, 0) is 0 Å². The van der Waals surface area contributed by atoms with Crippen molar-refractivity contribution in [3.8, 4) is 0 Å². The molecule has 3 aliphatic rings. The third-order valence-electron chi connectivity index (χ3n) is 8.03. The highest BCUT2D eigenvalue weighted by Gasteiger charge is 2.29. The van der Waals surface area contributed by atoms with Gasteiger partial charge in [0.05, 0.1) is 0 Å². The van der Waals surface area contributed by atoms with Gasteiger partial charge in [0.2, 0.25) is 0 Å². The van der Waals surface area contributed by atoms with E-state index in [1.807, 2.05) is 52.3 Å². The van der Waals surface area contributed by atoms with Crippen LogP contribution in [0.5, 0.6) is 0 Å². The monoisotopic (exact) mass is 459 g/mol. The van der Waals surface area contributed by atoms with Gasteiger partial charge in [-0.2, -0.15) is 0 Å². The summed E-state index contributed by atoms with van der Waals surface area (Å²) in [6.45, 7) is 5.15. The third-order valence-corrected chi connectivity index (χ3v) is 8.03. The van der Waals surface area contributed by atoms with Crippen molar-refractivity contribution in [2.75, 3.05) is 39.3 Å². The second kappa shape index (κ2) is 10.7. The number of likely N-dealkylation sites (tertiary alicyclic amines) is 1. The van der Waals surface area contributed by atoms with E-state index in [0.717, 1.165) is 62.7 Å². The van der Waals surface area contributed by atoms with Crippen LogP contribution < -0.4 is 0 Å². The van der Waals surface area contributed by atoms with Gasteiger partial charge in [-0.1, -0.05) is 49.6 Å². The van der Waals surface area contributed by atoms with E-state index in [-0.39, 0.29) is 17.7 Å². The summed E-state index contributed by atoms with van der Waals surface area (Å²) < 4.78 is 0. The zero-order chi connectivity index (χ0) is 23.3. The molecule has 2 saturated heterocycles. The Morgan fingerprint density at radius 1 is 0.647 bits per heavy atom. The number of amides is 2. The second-order valence-electron chi connectivity index (χ2n) is 10.2. The maximum absolute atomic E-state index is 13.3. The van der Waals surface area contributed by atoms with Gasteiger partial charge in [-0.15, -0.1) is 0 Å². The fourth-order valence-electron chi connectivity index (χ4n) is 6.04. The highest BCUT2D eigenvalue weighted by molar-refractivity contribution is 5.95. The summed E-state index contributed by atoms with van der Waals surface area (Å²) in [5.41, 5.74) is 2.71. The maximum Gasteiger partial charge on any atom is 0.253 e. The highest BCUT2D eigenvalue weighted by Crippen LogP contribution is 2.29. The molecule has 2 aliphatic heterocycles. The van der Waals surface area contributed by atoms with E-state index < -0.39 is 0 Å². The molecule has 3 fully saturated rings.